The van der Waals surface area contributed by atoms with Gasteiger partial charge in [0.1, 0.15) is 6.10 Å². The maximum Gasteiger partial charge on any atom is 0.266 e. The minimum absolute atomic E-state index is 0.000199. The maximum absolute atomic E-state index is 13.2. The fourth-order valence-electron chi connectivity index (χ4n) is 3.14. The van der Waals surface area contributed by atoms with Gasteiger partial charge in [-0.15, -0.1) is 0 Å². The number of aliphatic imine (C=N–C) groups is 1. The average Bonchev–Trinajstić information content (AvgIpc) is 3.28. The number of nitrogens with zero attached hydrogens (tertiary/aromatic N) is 2. The van der Waals surface area contributed by atoms with Crippen LogP contribution in [0.5, 0.6) is 0 Å². The van der Waals surface area contributed by atoms with Gasteiger partial charge in [0.15, 0.2) is 5.17 Å². The van der Waals surface area contributed by atoms with E-state index < -0.39 is 0 Å². The van der Waals surface area contributed by atoms with Crippen molar-refractivity contribution in [3.8, 4) is 0 Å². The number of thioether (sulfide) groups is 1. The minimum Gasteiger partial charge on any atom is -0.496 e. The second kappa shape index (κ2) is 8.68. The Morgan fingerprint density at radius 2 is 1.93 bits per heavy atom. The summed E-state index contributed by atoms with van der Waals surface area (Å²) in [4.78, 5) is 20.2. The summed E-state index contributed by atoms with van der Waals surface area (Å²) in [5.74, 6) is 0.170. The Balaban J connectivity index is 1.63. The monoisotopic (exact) mass is 406 g/mol. The van der Waals surface area contributed by atoms with Gasteiger partial charge in [-0.05, 0) is 47.2 Å². The van der Waals surface area contributed by atoms with Crippen LogP contribution in [-0.4, -0.2) is 33.7 Å². The van der Waals surface area contributed by atoms with Crippen LogP contribution in [0, 0.1) is 5.92 Å². The molecule has 2 aliphatic heterocycles. The number of benzene rings is 2. The average molecular weight is 407 g/mol. The number of amides is 1. The van der Waals surface area contributed by atoms with Crippen LogP contribution in [-0.2, 0) is 16.1 Å². The van der Waals surface area contributed by atoms with Gasteiger partial charge in [-0.2, -0.15) is 0 Å². The highest BCUT2D eigenvalue weighted by molar-refractivity contribution is 8.18. The quantitative estimate of drug-likeness (QED) is 0.751. The van der Waals surface area contributed by atoms with Crippen LogP contribution in [0.3, 0.4) is 0 Å². The predicted octanol–water partition coefficient (Wildman–Crippen LogP) is 4.33. The number of aliphatic hydroxyl groups is 1. The van der Waals surface area contributed by atoms with Crippen molar-refractivity contribution in [3.63, 3.8) is 0 Å². The SMILES string of the molecule is CC1C=COC1CN1C(=O)/C(=C/c2ccc(CO)cc2)SC1=Nc1ccccc1. The van der Waals surface area contributed by atoms with Crippen molar-refractivity contribution >= 4 is 34.6 Å². The molecular formula is C23H22N2O3S. The molecule has 2 heterocycles. The van der Waals surface area contributed by atoms with Crippen molar-refractivity contribution in [1.82, 2.24) is 4.90 Å². The molecule has 0 radical (unpaired) electrons. The van der Waals surface area contributed by atoms with E-state index in [2.05, 4.69) is 6.92 Å². The van der Waals surface area contributed by atoms with Crippen LogP contribution < -0.4 is 0 Å². The number of aliphatic hydroxyl groups excluding tert-OH is 1. The molecule has 1 N–H and O–H groups in total. The van der Waals surface area contributed by atoms with E-state index in [4.69, 9.17) is 9.73 Å². The van der Waals surface area contributed by atoms with Crippen molar-refractivity contribution in [2.45, 2.75) is 19.6 Å². The largest absolute Gasteiger partial charge is 0.496 e. The van der Waals surface area contributed by atoms with E-state index in [-0.39, 0.29) is 24.5 Å². The first-order valence-electron chi connectivity index (χ1n) is 9.51. The molecule has 5 nitrogen and oxygen atoms in total. The first-order valence-corrected chi connectivity index (χ1v) is 10.3. The summed E-state index contributed by atoms with van der Waals surface area (Å²) >= 11 is 1.37. The number of amidine groups is 1. The van der Waals surface area contributed by atoms with E-state index in [0.29, 0.717) is 16.6 Å². The molecule has 1 saturated heterocycles. The Morgan fingerprint density at radius 1 is 1.17 bits per heavy atom. The highest BCUT2D eigenvalue weighted by Gasteiger charge is 2.37. The molecule has 0 bridgehead atoms. The van der Waals surface area contributed by atoms with Crippen molar-refractivity contribution < 1.29 is 14.6 Å². The van der Waals surface area contributed by atoms with Gasteiger partial charge in [-0.3, -0.25) is 9.69 Å². The fraction of sp³-hybridized carbons (Fsp3) is 0.217. The second-order valence-corrected chi connectivity index (χ2v) is 8.03. The molecule has 2 atom stereocenters. The zero-order valence-corrected chi connectivity index (χ0v) is 16.9. The highest BCUT2D eigenvalue weighted by atomic mass is 32.2. The van der Waals surface area contributed by atoms with E-state index in [1.54, 1.807) is 11.2 Å². The van der Waals surface area contributed by atoms with Crippen LogP contribution >= 0.6 is 11.8 Å². The molecular weight excluding hydrogens is 384 g/mol. The number of hydrogen-bond donors (Lipinski definition) is 1. The van der Waals surface area contributed by atoms with E-state index in [1.165, 1.54) is 11.8 Å². The van der Waals surface area contributed by atoms with Gasteiger partial charge in [0.05, 0.1) is 30.0 Å². The van der Waals surface area contributed by atoms with Crippen LogP contribution in [0.15, 0.2) is 76.8 Å². The van der Waals surface area contributed by atoms with Gasteiger partial charge in [-0.25, -0.2) is 4.99 Å². The number of ether oxygens (including phenoxy) is 1. The lowest BCUT2D eigenvalue weighted by molar-refractivity contribution is -0.123. The lowest BCUT2D eigenvalue weighted by atomic mass is 10.1. The lowest BCUT2D eigenvalue weighted by Crippen LogP contribution is -2.38. The molecule has 1 fully saturated rings. The molecule has 2 aromatic rings. The number of carbonyl (C=O) groups excluding carboxylic acids is 1. The highest BCUT2D eigenvalue weighted by Crippen LogP contribution is 2.35. The number of para-hydroxylation sites is 1. The molecule has 2 unspecified atom stereocenters. The van der Waals surface area contributed by atoms with E-state index in [0.717, 1.165) is 16.8 Å². The summed E-state index contributed by atoms with van der Waals surface area (Å²) in [7, 11) is 0. The summed E-state index contributed by atoms with van der Waals surface area (Å²) in [6.07, 6.45) is 5.50. The summed E-state index contributed by atoms with van der Waals surface area (Å²) in [6, 6.07) is 17.1. The van der Waals surface area contributed by atoms with Gasteiger partial charge in [0.2, 0.25) is 0 Å². The van der Waals surface area contributed by atoms with E-state index in [1.807, 2.05) is 66.7 Å². The van der Waals surface area contributed by atoms with Crippen molar-refractivity contribution in [1.29, 1.82) is 0 Å². The Morgan fingerprint density at radius 3 is 2.59 bits per heavy atom. The van der Waals surface area contributed by atoms with Gasteiger partial charge >= 0.3 is 0 Å². The lowest BCUT2D eigenvalue weighted by Gasteiger charge is -2.22. The van der Waals surface area contributed by atoms with Crippen LogP contribution in [0.25, 0.3) is 6.08 Å². The van der Waals surface area contributed by atoms with Crippen LogP contribution in [0.1, 0.15) is 18.1 Å². The Hall–Kier alpha value is -2.83. The molecule has 0 spiro atoms. The van der Waals surface area contributed by atoms with Crippen molar-refractivity contribution in [2.75, 3.05) is 6.54 Å². The summed E-state index contributed by atoms with van der Waals surface area (Å²) in [5, 5.41) is 9.86. The third kappa shape index (κ3) is 4.44. The van der Waals surface area contributed by atoms with Gasteiger partial charge in [-0.1, -0.05) is 49.4 Å². The third-order valence-electron chi connectivity index (χ3n) is 4.91. The Bertz CT molecular complexity index is 967. The molecule has 2 aromatic carbocycles. The zero-order chi connectivity index (χ0) is 20.2. The summed E-state index contributed by atoms with van der Waals surface area (Å²) in [5.41, 5.74) is 2.55. The first kappa shape index (κ1) is 19.5. The number of rotatable bonds is 5. The fourth-order valence-corrected chi connectivity index (χ4v) is 4.15. The predicted molar refractivity (Wildman–Crippen MR) is 116 cm³/mol. The molecule has 4 rings (SSSR count). The van der Waals surface area contributed by atoms with E-state index in [9.17, 15) is 9.90 Å². The topological polar surface area (TPSA) is 62.1 Å². The molecule has 0 aromatic heterocycles. The van der Waals surface area contributed by atoms with Crippen LogP contribution in [0.4, 0.5) is 5.69 Å². The molecule has 6 heteroatoms. The van der Waals surface area contributed by atoms with Crippen molar-refractivity contribution in [3.05, 3.63) is 83.0 Å². The van der Waals surface area contributed by atoms with E-state index >= 15 is 0 Å². The molecule has 148 valence electrons. The molecule has 0 aliphatic carbocycles. The van der Waals surface area contributed by atoms with Crippen LogP contribution in [0.2, 0.25) is 0 Å². The van der Waals surface area contributed by atoms with Crippen molar-refractivity contribution in [2.24, 2.45) is 10.9 Å². The molecule has 29 heavy (non-hydrogen) atoms. The second-order valence-electron chi connectivity index (χ2n) is 7.02. The number of hydrogen-bond acceptors (Lipinski definition) is 5. The Kier molecular flexibility index (Phi) is 5.83. The third-order valence-corrected chi connectivity index (χ3v) is 5.92. The minimum atomic E-state index is -0.0799. The van der Waals surface area contributed by atoms with Gasteiger partial charge < -0.3 is 9.84 Å². The summed E-state index contributed by atoms with van der Waals surface area (Å²) < 4.78 is 5.67. The maximum atomic E-state index is 13.2. The smallest absolute Gasteiger partial charge is 0.266 e. The zero-order valence-electron chi connectivity index (χ0n) is 16.1. The van der Waals surface area contributed by atoms with Gasteiger partial charge in [0, 0.05) is 5.92 Å². The standard InChI is InChI=1S/C23H22N2O3S/c1-16-11-12-28-20(16)14-25-22(27)21(13-17-7-9-18(15-26)10-8-17)29-23(25)24-19-5-3-2-4-6-19/h2-13,16,20,26H,14-15H2,1H3/b21-13-,24-23?. The van der Waals surface area contributed by atoms with Gasteiger partial charge in [0.25, 0.3) is 5.91 Å². The molecule has 2 aliphatic rings. The first-order chi connectivity index (χ1) is 14.1. The Labute approximate surface area is 174 Å². The molecule has 0 saturated carbocycles. The normalized spacial score (nSPS) is 23.9. The summed E-state index contributed by atoms with van der Waals surface area (Å²) in [6.45, 7) is 2.53. The molecule has 1 amide bonds. The number of carbonyl (C=O) groups is 1.